The summed E-state index contributed by atoms with van der Waals surface area (Å²) in [5, 5.41) is 9.49. The Kier molecular flexibility index (Phi) is 4.67. The number of hydrogen-bond donors (Lipinski definition) is 0. The minimum absolute atomic E-state index is 0.648. The maximum Gasteiger partial charge on any atom is 0.183 e. The zero-order valence-corrected chi connectivity index (χ0v) is 15.6. The van der Waals surface area contributed by atoms with Crippen LogP contribution in [0.15, 0.2) is 59.9 Å². The standard InChI is InChI=1S/C20H19N5S/c1-14-8-9-15(2)17(10-14)12-26-20-18-19(21-13-22-20)25(24-23-18)11-16-6-4-3-5-7-16/h3-10,13H,11-12H2,1-2H3. The Morgan fingerprint density at radius 3 is 2.69 bits per heavy atom. The molecule has 0 amide bonds. The highest BCUT2D eigenvalue weighted by Gasteiger charge is 2.13. The molecule has 0 aliphatic carbocycles. The lowest BCUT2D eigenvalue weighted by atomic mass is 10.1. The van der Waals surface area contributed by atoms with Gasteiger partial charge in [0, 0.05) is 5.75 Å². The van der Waals surface area contributed by atoms with Crippen molar-refractivity contribution >= 4 is 22.9 Å². The molecule has 0 saturated heterocycles. The second kappa shape index (κ2) is 7.25. The lowest BCUT2D eigenvalue weighted by Crippen LogP contribution is -2.02. The highest BCUT2D eigenvalue weighted by atomic mass is 32.2. The van der Waals surface area contributed by atoms with E-state index in [4.69, 9.17) is 0 Å². The smallest absolute Gasteiger partial charge is 0.183 e. The summed E-state index contributed by atoms with van der Waals surface area (Å²) in [6.07, 6.45) is 1.60. The first-order valence-electron chi connectivity index (χ1n) is 8.48. The Balaban J connectivity index is 1.59. The van der Waals surface area contributed by atoms with Gasteiger partial charge in [-0.3, -0.25) is 0 Å². The van der Waals surface area contributed by atoms with Gasteiger partial charge in [0.2, 0.25) is 0 Å². The first-order chi connectivity index (χ1) is 12.7. The Labute approximate surface area is 156 Å². The molecular formula is C20H19N5S. The number of aryl methyl sites for hydroxylation is 2. The molecule has 0 saturated carbocycles. The third-order valence-electron chi connectivity index (χ3n) is 4.31. The van der Waals surface area contributed by atoms with Gasteiger partial charge < -0.3 is 0 Å². The first-order valence-corrected chi connectivity index (χ1v) is 9.46. The van der Waals surface area contributed by atoms with Gasteiger partial charge in [0.15, 0.2) is 11.2 Å². The summed E-state index contributed by atoms with van der Waals surface area (Å²) in [5.74, 6) is 0.852. The summed E-state index contributed by atoms with van der Waals surface area (Å²) in [6, 6.07) is 16.7. The number of nitrogens with zero attached hydrogens (tertiary/aromatic N) is 5. The van der Waals surface area contributed by atoms with Gasteiger partial charge in [-0.25, -0.2) is 14.6 Å². The van der Waals surface area contributed by atoms with Crippen molar-refractivity contribution in [1.29, 1.82) is 0 Å². The van der Waals surface area contributed by atoms with Gasteiger partial charge in [-0.1, -0.05) is 71.1 Å². The lowest BCUT2D eigenvalue weighted by Gasteiger charge is -2.07. The molecule has 5 nitrogen and oxygen atoms in total. The number of fused-ring (bicyclic) bond motifs is 1. The molecule has 4 aromatic rings. The minimum atomic E-state index is 0.648. The molecule has 6 heteroatoms. The Hall–Kier alpha value is -2.73. The van der Waals surface area contributed by atoms with Gasteiger partial charge in [-0.2, -0.15) is 0 Å². The summed E-state index contributed by atoms with van der Waals surface area (Å²) in [4.78, 5) is 8.83. The molecule has 0 spiro atoms. The van der Waals surface area contributed by atoms with Gasteiger partial charge >= 0.3 is 0 Å². The largest absolute Gasteiger partial charge is 0.227 e. The van der Waals surface area contributed by atoms with Crippen LogP contribution in [0.3, 0.4) is 0 Å². The molecule has 2 heterocycles. The van der Waals surface area contributed by atoms with Crippen molar-refractivity contribution in [2.24, 2.45) is 0 Å². The first kappa shape index (κ1) is 16.7. The van der Waals surface area contributed by atoms with Crippen LogP contribution in [0.4, 0.5) is 0 Å². The number of aromatic nitrogens is 5. The van der Waals surface area contributed by atoms with Crippen LogP contribution in [-0.4, -0.2) is 25.0 Å². The molecule has 0 bridgehead atoms. The predicted molar refractivity (Wildman–Crippen MR) is 104 cm³/mol. The van der Waals surface area contributed by atoms with Crippen LogP contribution in [0, 0.1) is 13.8 Å². The lowest BCUT2D eigenvalue weighted by molar-refractivity contribution is 0.664. The summed E-state index contributed by atoms with van der Waals surface area (Å²) >= 11 is 1.68. The van der Waals surface area contributed by atoms with E-state index >= 15 is 0 Å². The van der Waals surface area contributed by atoms with Crippen LogP contribution in [0.1, 0.15) is 22.3 Å². The molecular weight excluding hydrogens is 342 g/mol. The van der Waals surface area contributed by atoms with E-state index in [1.165, 1.54) is 22.3 Å². The maximum absolute atomic E-state index is 4.43. The molecule has 0 aliphatic rings. The summed E-state index contributed by atoms with van der Waals surface area (Å²) < 4.78 is 1.83. The second-order valence-corrected chi connectivity index (χ2v) is 7.27. The van der Waals surface area contributed by atoms with E-state index in [-0.39, 0.29) is 0 Å². The maximum atomic E-state index is 4.43. The fourth-order valence-corrected chi connectivity index (χ4v) is 3.84. The zero-order valence-electron chi connectivity index (χ0n) is 14.8. The molecule has 0 atom stereocenters. The minimum Gasteiger partial charge on any atom is -0.227 e. The van der Waals surface area contributed by atoms with Gasteiger partial charge in [0.1, 0.15) is 11.4 Å². The van der Waals surface area contributed by atoms with Crippen LogP contribution < -0.4 is 0 Å². The monoisotopic (exact) mass is 361 g/mol. The fourth-order valence-electron chi connectivity index (χ4n) is 2.84. The van der Waals surface area contributed by atoms with Gasteiger partial charge in [0.05, 0.1) is 6.54 Å². The highest BCUT2D eigenvalue weighted by molar-refractivity contribution is 7.98. The third-order valence-corrected chi connectivity index (χ3v) is 5.34. The molecule has 0 N–H and O–H groups in total. The molecule has 26 heavy (non-hydrogen) atoms. The molecule has 0 fully saturated rings. The number of benzene rings is 2. The molecule has 0 radical (unpaired) electrons. The van der Waals surface area contributed by atoms with Crippen molar-refractivity contribution in [3.05, 3.63) is 77.1 Å². The van der Waals surface area contributed by atoms with Crippen LogP contribution in [0.5, 0.6) is 0 Å². The van der Waals surface area contributed by atoms with E-state index in [1.54, 1.807) is 18.1 Å². The Morgan fingerprint density at radius 1 is 1.00 bits per heavy atom. The van der Waals surface area contributed by atoms with Crippen molar-refractivity contribution in [2.75, 3.05) is 0 Å². The van der Waals surface area contributed by atoms with Crippen molar-refractivity contribution in [2.45, 2.75) is 31.2 Å². The molecule has 2 aromatic carbocycles. The van der Waals surface area contributed by atoms with E-state index in [1.807, 2.05) is 22.9 Å². The topological polar surface area (TPSA) is 56.5 Å². The number of hydrogen-bond acceptors (Lipinski definition) is 5. The average Bonchev–Trinajstić information content (AvgIpc) is 3.07. The van der Waals surface area contributed by atoms with E-state index < -0.39 is 0 Å². The Bertz CT molecular complexity index is 1040. The van der Waals surface area contributed by atoms with Crippen LogP contribution in [0.2, 0.25) is 0 Å². The highest BCUT2D eigenvalue weighted by Crippen LogP contribution is 2.27. The van der Waals surface area contributed by atoms with Crippen LogP contribution >= 0.6 is 11.8 Å². The summed E-state index contributed by atoms with van der Waals surface area (Å²) in [6.45, 7) is 4.90. The third kappa shape index (κ3) is 3.46. The number of thioether (sulfide) groups is 1. The van der Waals surface area contributed by atoms with E-state index in [0.717, 1.165) is 21.9 Å². The van der Waals surface area contributed by atoms with Gasteiger partial charge in [-0.15, -0.1) is 5.10 Å². The van der Waals surface area contributed by atoms with E-state index in [0.29, 0.717) is 6.54 Å². The van der Waals surface area contributed by atoms with Crippen LogP contribution in [0.25, 0.3) is 11.2 Å². The zero-order chi connectivity index (χ0) is 17.9. The number of rotatable bonds is 5. The Morgan fingerprint density at radius 2 is 1.85 bits per heavy atom. The molecule has 2 aromatic heterocycles. The predicted octanol–water partition coefficient (Wildman–Crippen LogP) is 4.18. The molecule has 0 aliphatic heterocycles. The normalized spacial score (nSPS) is 11.2. The summed E-state index contributed by atoms with van der Waals surface area (Å²) in [7, 11) is 0. The van der Waals surface area contributed by atoms with Crippen molar-refractivity contribution < 1.29 is 0 Å². The molecule has 130 valence electrons. The van der Waals surface area contributed by atoms with Crippen molar-refractivity contribution in [1.82, 2.24) is 25.0 Å². The van der Waals surface area contributed by atoms with Gasteiger partial charge in [-0.05, 0) is 30.5 Å². The fraction of sp³-hybridized carbons (Fsp3) is 0.200. The molecule has 4 rings (SSSR count). The summed E-state index contributed by atoms with van der Waals surface area (Å²) in [5.41, 5.74) is 6.58. The van der Waals surface area contributed by atoms with Crippen molar-refractivity contribution in [3.63, 3.8) is 0 Å². The average molecular weight is 361 g/mol. The van der Waals surface area contributed by atoms with Gasteiger partial charge in [0.25, 0.3) is 0 Å². The van der Waals surface area contributed by atoms with E-state index in [2.05, 4.69) is 64.5 Å². The van der Waals surface area contributed by atoms with E-state index in [9.17, 15) is 0 Å². The molecule has 0 unspecified atom stereocenters. The van der Waals surface area contributed by atoms with Crippen molar-refractivity contribution in [3.8, 4) is 0 Å². The second-order valence-electron chi connectivity index (χ2n) is 6.30. The SMILES string of the molecule is Cc1ccc(C)c(CSc2ncnc3c2nnn3Cc2ccccc2)c1. The van der Waals surface area contributed by atoms with Crippen LogP contribution in [-0.2, 0) is 12.3 Å². The quantitative estimate of drug-likeness (QED) is 0.394.